The van der Waals surface area contributed by atoms with Crippen LogP contribution in [0.1, 0.15) is 51.0 Å². The lowest BCUT2D eigenvalue weighted by molar-refractivity contribution is 0.157. The molecule has 0 aromatic heterocycles. The van der Waals surface area contributed by atoms with Crippen molar-refractivity contribution in [3.8, 4) is 0 Å². The normalized spacial score (nSPS) is 11.2. The van der Waals surface area contributed by atoms with Crippen LogP contribution in [-0.4, -0.2) is 13.2 Å². The average Bonchev–Trinajstić information content (AvgIpc) is 2.42. The minimum atomic E-state index is 0.726. The molecule has 0 aliphatic carbocycles. The number of unbranched alkanes of at least 4 members (excludes halogenated alkanes) is 5. The maximum Gasteiger partial charge on any atom is 0.0650 e. The van der Waals surface area contributed by atoms with Crippen molar-refractivity contribution in [3.63, 3.8) is 0 Å². The van der Waals surface area contributed by atoms with Crippen molar-refractivity contribution >= 4 is 6.08 Å². The van der Waals surface area contributed by atoms with Crippen LogP contribution in [0.25, 0.3) is 6.08 Å². The third-order valence-electron chi connectivity index (χ3n) is 2.97. The minimum absolute atomic E-state index is 0.726. The smallest absolute Gasteiger partial charge is 0.0650 e. The minimum Gasteiger partial charge on any atom is -0.377 e. The molecule has 0 aliphatic heterocycles. The van der Waals surface area contributed by atoms with Gasteiger partial charge in [-0.2, -0.15) is 0 Å². The van der Waals surface area contributed by atoms with Gasteiger partial charge in [0.1, 0.15) is 0 Å². The van der Waals surface area contributed by atoms with Gasteiger partial charge in [-0.15, -0.1) is 0 Å². The zero-order chi connectivity index (χ0) is 12.9. The Labute approximate surface area is 112 Å². The summed E-state index contributed by atoms with van der Waals surface area (Å²) >= 11 is 0. The van der Waals surface area contributed by atoms with E-state index < -0.39 is 0 Å². The number of hydrogen-bond acceptors (Lipinski definition) is 1. The van der Waals surface area contributed by atoms with Gasteiger partial charge in [0.15, 0.2) is 0 Å². The molecule has 0 atom stereocenters. The van der Waals surface area contributed by atoms with Crippen molar-refractivity contribution in [2.75, 3.05) is 13.2 Å². The van der Waals surface area contributed by atoms with Gasteiger partial charge in [0.05, 0.1) is 6.61 Å². The van der Waals surface area contributed by atoms with Crippen molar-refractivity contribution in [3.05, 3.63) is 42.0 Å². The van der Waals surface area contributed by atoms with Crippen molar-refractivity contribution in [1.29, 1.82) is 0 Å². The summed E-state index contributed by atoms with van der Waals surface area (Å²) in [6.45, 7) is 3.87. The maximum atomic E-state index is 5.58. The van der Waals surface area contributed by atoms with Crippen LogP contribution in [0.2, 0.25) is 0 Å². The number of rotatable bonds is 10. The lowest BCUT2D eigenvalue weighted by Crippen LogP contribution is -1.94. The third kappa shape index (κ3) is 8.08. The lowest BCUT2D eigenvalue weighted by Gasteiger charge is -2.01. The van der Waals surface area contributed by atoms with Gasteiger partial charge in [0.25, 0.3) is 0 Å². The molecule has 0 heterocycles. The van der Waals surface area contributed by atoms with Gasteiger partial charge >= 0.3 is 0 Å². The first-order valence-electron chi connectivity index (χ1n) is 7.23. The Morgan fingerprint density at radius 1 is 0.944 bits per heavy atom. The average molecular weight is 246 g/mol. The molecule has 0 radical (unpaired) electrons. The predicted molar refractivity (Wildman–Crippen MR) is 79.7 cm³/mol. The molecule has 0 saturated carbocycles. The number of ether oxygens (including phenoxy) is 1. The summed E-state index contributed by atoms with van der Waals surface area (Å²) in [6, 6.07) is 10.3. The zero-order valence-electron chi connectivity index (χ0n) is 11.6. The SMILES string of the molecule is CCCCCCCCOCC=Cc1ccccc1. The predicted octanol–water partition coefficient (Wildman–Crippen LogP) is 5.08. The molecule has 1 aromatic carbocycles. The Morgan fingerprint density at radius 2 is 1.67 bits per heavy atom. The fraction of sp³-hybridized carbons (Fsp3) is 0.529. The molecule has 0 spiro atoms. The summed E-state index contributed by atoms with van der Waals surface area (Å²) in [5.41, 5.74) is 1.24. The summed E-state index contributed by atoms with van der Waals surface area (Å²) in [5.74, 6) is 0. The highest BCUT2D eigenvalue weighted by atomic mass is 16.5. The molecule has 0 bridgehead atoms. The quantitative estimate of drug-likeness (QED) is 0.523. The van der Waals surface area contributed by atoms with Gasteiger partial charge in [-0.25, -0.2) is 0 Å². The fourth-order valence-electron chi connectivity index (χ4n) is 1.88. The first kappa shape index (κ1) is 15.0. The molecule has 0 N–H and O–H groups in total. The maximum absolute atomic E-state index is 5.58. The van der Waals surface area contributed by atoms with Crippen LogP contribution in [0.15, 0.2) is 36.4 Å². The van der Waals surface area contributed by atoms with E-state index in [1.165, 1.54) is 44.1 Å². The second-order valence-electron chi connectivity index (χ2n) is 4.66. The molecule has 18 heavy (non-hydrogen) atoms. The van der Waals surface area contributed by atoms with Crippen molar-refractivity contribution in [1.82, 2.24) is 0 Å². The molecule has 0 fully saturated rings. The zero-order valence-corrected chi connectivity index (χ0v) is 11.6. The molecule has 0 aliphatic rings. The van der Waals surface area contributed by atoms with E-state index in [1.807, 2.05) is 6.07 Å². The molecule has 100 valence electrons. The molecule has 1 aromatic rings. The van der Waals surface area contributed by atoms with Crippen molar-refractivity contribution in [2.45, 2.75) is 45.4 Å². The van der Waals surface area contributed by atoms with Crippen LogP contribution in [0.4, 0.5) is 0 Å². The monoisotopic (exact) mass is 246 g/mol. The molecule has 0 unspecified atom stereocenters. The summed E-state index contributed by atoms with van der Waals surface area (Å²) in [5, 5.41) is 0. The third-order valence-corrected chi connectivity index (χ3v) is 2.97. The largest absolute Gasteiger partial charge is 0.377 e. The van der Waals surface area contributed by atoms with Crippen LogP contribution in [0, 0.1) is 0 Å². The van der Waals surface area contributed by atoms with E-state index >= 15 is 0 Å². The molecule has 0 amide bonds. The van der Waals surface area contributed by atoms with Gasteiger partial charge in [-0.3, -0.25) is 0 Å². The topological polar surface area (TPSA) is 9.23 Å². The van der Waals surface area contributed by atoms with E-state index in [0.29, 0.717) is 0 Å². The Hall–Kier alpha value is -1.08. The first-order chi connectivity index (χ1) is 8.93. The van der Waals surface area contributed by atoms with E-state index in [-0.39, 0.29) is 0 Å². The van der Waals surface area contributed by atoms with Gasteiger partial charge in [0.2, 0.25) is 0 Å². The number of hydrogen-bond donors (Lipinski definition) is 0. The molecule has 1 nitrogen and oxygen atoms in total. The highest BCUT2D eigenvalue weighted by Crippen LogP contribution is 2.05. The molecule has 1 heteroatoms. The molecular weight excluding hydrogens is 220 g/mol. The van der Waals surface area contributed by atoms with Crippen LogP contribution in [0.5, 0.6) is 0 Å². The van der Waals surface area contributed by atoms with E-state index in [0.717, 1.165) is 13.2 Å². The van der Waals surface area contributed by atoms with E-state index in [9.17, 15) is 0 Å². The summed E-state index contributed by atoms with van der Waals surface area (Å²) in [4.78, 5) is 0. The Balaban J connectivity index is 1.91. The van der Waals surface area contributed by atoms with Gasteiger partial charge in [-0.1, -0.05) is 81.5 Å². The number of benzene rings is 1. The Bertz CT molecular complexity index is 303. The summed E-state index contributed by atoms with van der Waals surface area (Å²) in [6.07, 6.45) is 12.1. The van der Waals surface area contributed by atoms with Crippen molar-refractivity contribution in [2.24, 2.45) is 0 Å². The van der Waals surface area contributed by atoms with Crippen LogP contribution in [0.3, 0.4) is 0 Å². The van der Waals surface area contributed by atoms with Gasteiger partial charge < -0.3 is 4.74 Å². The highest BCUT2D eigenvalue weighted by molar-refractivity contribution is 5.48. The highest BCUT2D eigenvalue weighted by Gasteiger charge is 1.90. The molecule has 1 rings (SSSR count). The first-order valence-corrected chi connectivity index (χ1v) is 7.23. The van der Waals surface area contributed by atoms with Gasteiger partial charge in [0, 0.05) is 6.61 Å². The Kier molecular flexibility index (Phi) is 9.18. The second-order valence-corrected chi connectivity index (χ2v) is 4.66. The fourth-order valence-corrected chi connectivity index (χ4v) is 1.88. The van der Waals surface area contributed by atoms with E-state index in [4.69, 9.17) is 4.74 Å². The molecular formula is C17H26O. The summed E-state index contributed by atoms with van der Waals surface area (Å²) < 4.78 is 5.58. The lowest BCUT2D eigenvalue weighted by atomic mass is 10.1. The molecule has 0 saturated heterocycles. The van der Waals surface area contributed by atoms with E-state index in [2.05, 4.69) is 43.3 Å². The van der Waals surface area contributed by atoms with Gasteiger partial charge in [-0.05, 0) is 12.0 Å². The van der Waals surface area contributed by atoms with Crippen LogP contribution in [-0.2, 0) is 4.74 Å². The van der Waals surface area contributed by atoms with Crippen LogP contribution < -0.4 is 0 Å². The Morgan fingerprint density at radius 3 is 2.44 bits per heavy atom. The van der Waals surface area contributed by atoms with Crippen molar-refractivity contribution < 1.29 is 4.74 Å². The second kappa shape index (κ2) is 11.0. The summed E-state index contributed by atoms with van der Waals surface area (Å²) in [7, 11) is 0. The standard InChI is InChI=1S/C17H26O/c1-2-3-4-5-6-10-15-18-16-11-14-17-12-8-7-9-13-17/h7-9,11-14H,2-6,10,15-16H2,1H3. The van der Waals surface area contributed by atoms with E-state index in [1.54, 1.807) is 0 Å². The van der Waals surface area contributed by atoms with Crippen LogP contribution >= 0.6 is 0 Å².